The van der Waals surface area contributed by atoms with Crippen LogP contribution in [0, 0.1) is 10.4 Å². The van der Waals surface area contributed by atoms with Crippen LogP contribution in [-0.2, 0) is 6.61 Å². The molecule has 1 atom stereocenters. The van der Waals surface area contributed by atoms with Crippen LogP contribution < -0.4 is 10.5 Å². The molecule has 1 unspecified atom stereocenters. The standard InChI is InChI=1S/C20H24N2O4S/c1-3-22(26,4-2)12-11-21(25)16-10-9-14(13-23)20-18(16)19(24)15-7-5-6-8-17(15)27-20/h5-10,21,23H,3-4,11-13H2,1-2H3. The van der Waals surface area contributed by atoms with E-state index in [9.17, 15) is 20.3 Å². The maximum Gasteiger partial charge on any atom is 0.201 e. The molecule has 1 aromatic heterocycles. The summed E-state index contributed by atoms with van der Waals surface area (Å²) in [7, 11) is 0. The predicted molar refractivity (Wildman–Crippen MR) is 110 cm³/mol. The average molecular weight is 388 g/mol. The van der Waals surface area contributed by atoms with Crippen LogP contribution in [-0.4, -0.2) is 35.9 Å². The number of fused-ring (bicyclic) bond motifs is 2. The third kappa shape index (κ3) is 3.75. The summed E-state index contributed by atoms with van der Waals surface area (Å²) in [6, 6.07) is 10.6. The van der Waals surface area contributed by atoms with Gasteiger partial charge in [-0.2, -0.15) is 0 Å². The molecule has 3 rings (SSSR count). The number of hydrogen-bond acceptors (Lipinski definition) is 5. The second kappa shape index (κ2) is 8.02. The van der Waals surface area contributed by atoms with Crippen molar-refractivity contribution in [3.8, 4) is 0 Å². The van der Waals surface area contributed by atoms with Gasteiger partial charge in [0.15, 0.2) is 0 Å². The van der Waals surface area contributed by atoms with Gasteiger partial charge in [0.05, 0.1) is 24.4 Å². The lowest BCUT2D eigenvalue weighted by Gasteiger charge is -2.41. The van der Waals surface area contributed by atoms with Crippen LogP contribution in [0.4, 0.5) is 5.69 Å². The highest BCUT2D eigenvalue weighted by atomic mass is 32.1. The first-order valence-electron chi connectivity index (χ1n) is 9.12. The fourth-order valence-corrected chi connectivity index (χ4v) is 4.50. The highest BCUT2D eigenvalue weighted by Gasteiger charge is 2.20. The van der Waals surface area contributed by atoms with Crippen LogP contribution >= 0.6 is 11.3 Å². The summed E-state index contributed by atoms with van der Waals surface area (Å²) in [5.74, 6) is 0. The molecule has 2 N–H and O–H groups in total. The summed E-state index contributed by atoms with van der Waals surface area (Å²) in [5.41, 5.74) is 0.769. The molecule has 144 valence electrons. The fourth-order valence-electron chi connectivity index (χ4n) is 3.29. The van der Waals surface area contributed by atoms with Crippen LogP contribution in [0.1, 0.15) is 19.4 Å². The van der Waals surface area contributed by atoms with E-state index in [1.54, 1.807) is 24.3 Å². The van der Waals surface area contributed by atoms with Crippen LogP contribution in [0.2, 0.25) is 0 Å². The molecule has 0 fully saturated rings. The van der Waals surface area contributed by atoms with Crippen molar-refractivity contribution in [1.82, 2.24) is 0 Å². The molecular formula is C20H24N2O4S. The Morgan fingerprint density at radius 3 is 2.52 bits per heavy atom. The molecule has 0 saturated carbocycles. The van der Waals surface area contributed by atoms with Gasteiger partial charge in [0.2, 0.25) is 5.43 Å². The minimum atomic E-state index is -0.422. The molecule has 3 aromatic rings. The highest BCUT2D eigenvalue weighted by molar-refractivity contribution is 7.24. The number of hydrogen-bond donors (Lipinski definition) is 2. The lowest BCUT2D eigenvalue weighted by atomic mass is 10.1. The van der Waals surface area contributed by atoms with Crippen LogP contribution in [0.5, 0.6) is 0 Å². The number of likely N-dealkylation sites (N-methyl/N-ethyl adjacent to an activating group) is 1. The summed E-state index contributed by atoms with van der Waals surface area (Å²) in [4.78, 5) is 13.1. The summed E-state index contributed by atoms with van der Waals surface area (Å²) in [6.45, 7) is 4.54. The van der Waals surface area contributed by atoms with Gasteiger partial charge in [-0.3, -0.25) is 4.79 Å². The number of aliphatic hydroxyl groups is 1. The van der Waals surface area contributed by atoms with Crippen LogP contribution in [0.25, 0.3) is 20.2 Å². The summed E-state index contributed by atoms with van der Waals surface area (Å²) in [6.07, 6.45) is 0. The SMILES string of the molecule is CC[N+]([O-])(CC)CC[NH+]([O-])c1ccc(CO)c2sc3ccccc3c(=O)c12. The topological polar surface area (TPSA) is 87.9 Å². The number of rotatable bonds is 7. The number of nitrogens with one attached hydrogen (secondary N) is 1. The predicted octanol–water partition coefficient (Wildman–Crippen LogP) is 2.28. The monoisotopic (exact) mass is 388 g/mol. The molecule has 0 amide bonds. The van der Waals surface area contributed by atoms with Crippen molar-refractivity contribution in [2.24, 2.45) is 0 Å². The Labute approximate surface area is 161 Å². The van der Waals surface area contributed by atoms with Crippen molar-refractivity contribution in [3.63, 3.8) is 0 Å². The number of nitrogens with zero attached hydrogens (tertiary/aromatic N) is 1. The Kier molecular flexibility index (Phi) is 5.90. The Balaban J connectivity index is 2.13. The van der Waals surface area contributed by atoms with E-state index in [1.165, 1.54) is 11.3 Å². The molecule has 6 nitrogen and oxygen atoms in total. The van der Waals surface area contributed by atoms with E-state index < -0.39 is 4.65 Å². The van der Waals surface area contributed by atoms with Crippen molar-refractivity contribution in [2.75, 3.05) is 26.2 Å². The van der Waals surface area contributed by atoms with Gasteiger partial charge in [0.1, 0.15) is 24.2 Å². The smallest absolute Gasteiger partial charge is 0.201 e. The first-order chi connectivity index (χ1) is 12.9. The first-order valence-corrected chi connectivity index (χ1v) is 9.94. The van der Waals surface area contributed by atoms with Gasteiger partial charge in [-0.25, -0.2) is 0 Å². The van der Waals surface area contributed by atoms with Gasteiger partial charge in [-0.15, -0.1) is 11.3 Å². The molecule has 7 heteroatoms. The van der Waals surface area contributed by atoms with Crippen molar-refractivity contribution in [3.05, 3.63) is 62.6 Å². The van der Waals surface area contributed by atoms with Gasteiger partial charge in [-0.1, -0.05) is 12.1 Å². The lowest BCUT2D eigenvalue weighted by Crippen LogP contribution is -3.03. The summed E-state index contributed by atoms with van der Waals surface area (Å²) in [5, 5.41) is 35.7. The summed E-state index contributed by atoms with van der Waals surface area (Å²) < 4.78 is 1.04. The first kappa shape index (κ1) is 19.9. The lowest BCUT2D eigenvalue weighted by molar-refractivity contribution is -0.904. The zero-order chi connectivity index (χ0) is 19.6. The fraction of sp³-hybridized carbons (Fsp3) is 0.350. The highest BCUT2D eigenvalue weighted by Crippen LogP contribution is 2.30. The van der Waals surface area contributed by atoms with E-state index in [0.29, 0.717) is 39.8 Å². The zero-order valence-corrected chi connectivity index (χ0v) is 16.3. The normalized spacial score (nSPS) is 13.4. The molecule has 0 radical (unpaired) electrons. The maximum atomic E-state index is 13.1. The maximum absolute atomic E-state index is 13.1. The van der Waals surface area contributed by atoms with Crippen molar-refractivity contribution < 1.29 is 14.8 Å². The quantitative estimate of drug-likeness (QED) is 0.369. The molecule has 0 saturated heterocycles. The number of hydroxylamine groups is 4. The van der Waals surface area contributed by atoms with E-state index in [2.05, 4.69) is 0 Å². The molecule has 27 heavy (non-hydrogen) atoms. The van der Waals surface area contributed by atoms with Gasteiger partial charge < -0.3 is 25.2 Å². The van der Waals surface area contributed by atoms with Crippen molar-refractivity contribution in [1.29, 1.82) is 0 Å². The number of benzene rings is 2. The average Bonchev–Trinajstić information content (AvgIpc) is 2.71. The number of quaternary nitrogens is 2. The Hall–Kier alpha value is -1.87. The molecule has 0 spiro atoms. The van der Waals surface area contributed by atoms with E-state index in [0.717, 1.165) is 4.70 Å². The molecule has 0 bridgehead atoms. The summed E-state index contributed by atoms with van der Waals surface area (Å²) >= 11 is 1.40. The van der Waals surface area contributed by atoms with Gasteiger partial charge in [0.25, 0.3) is 0 Å². The molecule has 2 aromatic carbocycles. The largest absolute Gasteiger partial charge is 0.633 e. The third-order valence-electron chi connectivity index (χ3n) is 5.18. The van der Waals surface area contributed by atoms with E-state index in [4.69, 9.17) is 0 Å². The number of aliphatic hydroxyl groups excluding tert-OH is 1. The van der Waals surface area contributed by atoms with Crippen molar-refractivity contribution >= 4 is 37.2 Å². The minimum Gasteiger partial charge on any atom is -0.633 e. The van der Waals surface area contributed by atoms with Gasteiger partial charge in [0, 0.05) is 16.2 Å². The second-order valence-electron chi connectivity index (χ2n) is 6.65. The van der Waals surface area contributed by atoms with Gasteiger partial charge >= 0.3 is 0 Å². The zero-order valence-electron chi connectivity index (χ0n) is 15.5. The van der Waals surface area contributed by atoms with E-state index >= 15 is 0 Å². The van der Waals surface area contributed by atoms with Crippen molar-refractivity contribution in [2.45, 2.75) is 20.5 Å². The minimum absolute atomic E-state index is 0.0929. The van der Waals surface area contributed by atoms with E-state index in [1.807, 2.05) is 26.0 Å². The third-order valence-corrected chi connectivity index (χ3v) is 6.43. The van der Waals surface area contributed by atoms with E-state index in [-0.39, 0.29) is 30.2 Å². The van der Waals surface area contributed by atoms with Crippen LogP contribution in [0.3, 0.4) is 0 Å². The molecule has 0 aliphatic rings. The molecular weight excluding hydrogens is 364 g/mol. The van der Waals surface area contributed by atoms with Crippen LogP contribution in [0.15, 0.2) is 41.2 Å². The molecule has 0 aliphatic carbocycles. The Bertz CT molecular complexity index is 1010. The molecule has 1 heterocycles. The Morgan fingerprint density at radius 2 is 1.85 bits per heavy atom. The Morgan fingerprint density at radius 1 is 1.15 bits per heavy atom. The molecule has 0 aliphatic heterocycles. The second-order valence-corrected chi connectivity index (χ2v) is 7.70. The van der Waals surface area contributed by atoms with Gasteiger partial charge in [-0.05, 0) is 37.6 Å².